The molecule has 1 saturated heterocycles. The van der Waals surface area contributed by atoms with E-state index < -0.39 is 90.3 Å². The molecule has 1 aliphatic heterocycles. The van der Waals surface area contributed by atoms with Crippen molar-refractivity contribution in [2.45, 2.75) is 115 Å². The molecule has 0 aliphatic carbocycles. The van der Waals surface area contributed by atoms with Crippen molar-refractivity contribution in [3.63, 3.8) is 0 Å². The minimum Gasteiger partial charge on any atom is -0.480 e. The van der Waals surface area contributed by atoms with E-state index in [2.05, 4.69) is 26.6 Å². The topological polar surface area (TPSA) is 275 Å². The molecule has 1 aliphatic rings. The molecular weight excluding hydrogens is 604 g/mol. The Morgan fingerprint density at radius 3 is 1.89 bits per heavy atom. The number of carboxylic acids is 1. The third kappa shape index (κ3) is 12.9. The molecule has 46 heavy (non-hydrogen) atoms. The van der Waals surface area contributed by atoms with Gasteiger partial charge in [-0.25, -0.2) is 4.79 Å². The number of aliphatic carboxylic acids is 1. The molecule has 6 amide bonds. The van der Waals surface area contributed by atoms with E-state index in [1.54, 1.807) is 0 Å². The molecule has 0 aromatic carbocycles. The van der Waals surface area contributed by atoms with Crippen LogP contribution in [0.4, 0.5) is 0 Å². The fourth-order valence-electron chi connectivity index (χ4n) is 4.81. The Labute approximate surface area is 269 Å². The first-order chi connectivity index (χ1) is 21.5. The largest absolute Gasteiger partial charge is 0.480 e. The van der Waals surface area contributed by atoms with Crippen molar-refractivity contribution in [1.82, 2.24) is 31.5 Å². The summed E-state index contributed by atoms with van der Waals surface area (Å²) in [7, 11) is 0. The van der Waals surface area contributed by atoms with Gasteiger partial charge in [0.25, 0.3) is 0 Å². The maximum atomic E-state index is 13.2. The second kappa shape index (κ2) is 19.6. The number of rotatable bonds is 19. The molecule has 0 unspecified atom stereocenters. The molecule has 17 heteroatoms. The molecule has 0 saturated carbocycles. The molecule has 0 radical (unpaired) electrons. The number of aliphatic hydroxyl groups is 1. The third-order valence-electron chi connectivity index (χ3n) is 7.52. The number of likely N-dealkylation sites (tertiary alicyclic amines) is 1. The number of unbranched alkanes of at least 4 members (excludes halogenated alkanes) is 1. The maximum absolute atomic E-state index is 13.2. The van der Waals surface area contributed by atoms with Gasteiger partial charge in [-0.05, 0) is 65.3 Å². The van der Waals surface area contributed by atoms with E-state index in [0.29, 0.717) is 38.6 Å². The minimum atomic E-state index is -1.44. The average Bonchev–Trinajstić information content (AvgIpc) is 3.48. The van der Waals surface area contributed by atoms with Gasteiger partial charge in [-0.3, -0.25) is 28.8 Å². The Kier molecular flexibility index (Phi) is 17.2. The second-order valence-electron chi connectivity index (χ2n) is 12.0. The van der Waals surface area contributed by atoms with Crippen molar-refractivity contribution >= 4 is 41.4 Å². The zero-order valence-corrected chi connectivity index (χ0v) is 27.3. The molecule has 1 fully saturated rings. The molecule has 0 bridgehead atoms. The van der Waals surface area contributed by atoms with Crippen LogP contribution in [0.1, 0.15) is 73.1 Å². The van der Waals surface area contributed by atoms with Crippen molar-refractivity contribution in [3.8, 4) is 0 Å². The van der Waals surface area contributed by atoms with Crippen molar-refractivity contribution in [2.24, 2.45) is 17.4 Å². The number of hydrogen-bond donors (Lipinski definition) is 9. The van der Waals surface area contributed by atoms with Crippen LogP contribution < -0.4 is 38.1 Å². The van der Waals surface area contributed by atoms with Gasteiger partial charge < -0.3 is 53.2 Å². The highest BCUT2D eigenvalue weighted by molar-refractivity contribution is 5.97. The molecule has 0 aromatic rings. The molecule has 0 aromatic heterocycles. The molecule has 17 nitrogen and oxygen atoms in total. The van der Waals surface area contributed by atoms with E-state index in [-0.39, 0.29) is 18.9 Å². The van der Waals surface area contributed by atoms with Gasteiger partial charge in [0.1, 0.15) is 36.3 Å². The van der Waals surface area contributed by atoms with Gasteiger partial charge in [-0.1, -0.05) is 20.3 Å². The van der Waals surface area contributed by atoms with Crippen LogP contribution >= 0.6 is 0 Å². The molecule has 1 heterocycles. The van der Waals surface area contributed by atoms with Gasteiger partial charge in [0.05, 0.1) is 12.6 Å². The first kappa shape index (κ1) is 40.2. The van der Waals surface area contributed by atoms with E-state index in [1.807, 2.05) is 13.8 Å². The standard InChI is InChI=1S/C29H52N8O9/c1-15(2)13-20(29(45)46)35-23(39)17(4)33-27(43)22-10-8-12-37(22)28(44)18(5)34-26(42)21(14-38)36-24(40)16(3)32-25(41)19(31)9-6-7-11-30/h15-22,38H,6-14,30-31H2,1-5H3,(H,32,41)(H,33,43)(H,34,42)(H,35,39)(H,36,40)(H,45,46)/t16-,17-,18-,19-,20-,21-,22-/m0/s1. The predicted octanol–water partition coefficient (Wildman–Crippen LogP) is -2.96. The smallest absolute Gasteiger partial charge is 0.326 e. The summed E-state index contributed by atoms with van der Waals surface area (Å²) in [6.07, 6.45) is 2.71. The maximum Gasteiger partial charge on any atom is 0.326 e. The van der Waals surface area contributed by atoms with Gasteiger partial charge >= 0.3 is 5.97 Å². The van der Waals surface area contributed by atoms with Gasteiger partial charge in [-0.2, -0.15) is 0 Å². The number of hydrogen-bond acceptors (Lipinski definition) is 10. The lowest BCUT2D eigenvalue weighted by molar-refractivity contribution is -0.143. The fourth-order valence-corrected chi connectivity index (χ4v) is 4.81. The summed E-state index contributed by atoms with van der Waals surface area (Å²) in [5.74, 6) is -5.27. The van der Waals surface area contributed by atoms with E-state index in [4.69, 9.17) is 11.5 Å². The summed E-state index contributed by atoms with van der Waals surface area (Å²) in [6.45, 7) is 7.67. The Balaban J connectivity index is 2.73. The molecule has 1 rings (SSSR count). The summed E-state index contributed by atoms with van der Waals surface area (Å²) >= 11 is 0. The summed E-state index contributed by atoms with van der Waals surface area (Å²) in [6, 6.07) is -7.65. The summed E-state index contributed by atoms with van der Waals surface area (Å²) in [5, 5.41) is 31.3. The first-order valence-corrected chi connectivity index (χ1v) is 15.7. The number of carbonyl (C=O) groups excluding carboxylic acids is 6. The first-order valence-electron chi connectivity index (χ1n) is 15.7. The Hall–Kier alpha value is -3.83. The number of nitrogens with one attached hydrogen (secondary N) is 5. The van der Waals surface area contributed by atoms with Crippen LogP contribution in [0.2, 0.25) is 0 Å². The SMILES string of the molecule is CC(C)C[C@H](NC(=O)[C@H](C)NC(=O)[C@@H]1CCCN1C(=O)[C@H](C)NC(=O)[C@H](CO)NC(=O)[C@H](C)NC(=O)[C@@H](N)CCCCN)C(=O)O. The van der Waals surface area contributed by atoms with E-state index in [1.165, 1.54) is 25.7 Å². The minimum absolute atomic E-state index is 0.00757. The highest BCUT2D eigenvalue weighted by atomic mass is 16.4. The Bertz CT molecular complexity index is 1090. The Morgan fingerprint density at radius 1 is 0.783 bits per heavy atom. The fraction of sp³-hybridized carbons (Fsp3) is 0.759. The lowest BCUT2D eigenvalue weighted by Crippen LogP contribution is -2.59. The van der Waals surface area contributed by atoms with Crippen LogP contribution in [0, 0.1) is 5.92 Å². The Morgan fingerprint density at radius 2 is 1.35 bits per heavy atom. The second-order valence-corrected chi connectivity index (χ2v) is 12.0. The average molecular weight is 657 g/mol. The van der Waals surface area contributed by atoms with Crippen LogP contribution in [0.3, 0.4) is 0 Å². The molecule has 11 N–H and O–H groups in total. The highest BCUT2D eigenvalue weighted by Gasteiger charge is 2.38. The van der Waals surface area contributed by atoms with Crippen LogP contribution in [0.15, 0.2) is 0 Å². The van der Waals surface area contributed by atoms with Crippen LogP contribution in [-0.2, 0) is 33.6 Å². The number of nitrogens with zero attached hydrogens (tertiary/aromatic N) is 1. The number of carboxylic acid groups (broad SMARTS) is 1. The van der Waals surface area contributed by atoms with Crippen molar-refractivity contribution in [3.05, 3.63) is 0 Å². The number of nitrogens with two attached hydrogens (primary N) is 2. The lowest BCUT2D eigenvalue weighted by atomic mass is 10.0. The van der Waals surface area contributed by atoms with Crippen molar-refractivity contribution in [2.75, 3.05) is 19.7 Å². The third-order valence-corrected chi connectivity index (χ3v) is 7.52. The lowest BCUT2D eigenvalue weighted by Gasteiger charge is -2.29. The van der Waals surface area contributed by atoms with Crippen LogP contribution in [0.25, 0.3) is 0 Å². The van der Waals surface area contributed by atoms with E-state index >= 15 is 0 Å². The quantitative estimate of drug-likeness (QED) is 0.0634. The molecule has 7 atom stereocenters. The van der Waals surface area contributed by atoms with E-state index in [9.17, 15) is 43.8 Å². The monoisotopic (exact) mass is 656 g/mol. The van der Waals surface area contributed by atoms with Crippen LogP contribution in [-0.4, -0.2) is 119 Å². The van der Waals surface area contributed by atoms with Gasteiger partial charge in [-0.15, -0.1) is 0 Å². The predicted molar refractivity (Wildman–Crippen MR) is 166 cm³/mol. The zero-order valence-electron chi connectivity index (χ0n) is 27.3. The summed E-state index contributed by atoms with van der Waals surface area (Å²) in [4.78, 5) is 89.3. The van der Waals surface area contributed by atoms with Gasteiger partial charge in [0, 0.05) is 6.54 Å². The van der Waals surface area contributed by atoms with Crippen molar-refractivity contribution < 1.29 is 43.8 Å². The van der Waals surface area contributed by atoms with Gasteiger partial charge in [0.15, 0.2) is 0 Å². The van der Waals surface area contributed by atoms with Crippen LogP contribution in [0.5, 0.6) is 0 Å². The van der Waals surface area contributed by atoms with Crippen molar-refractivity contribution in [1.29, 1.82) is 0 Å². The van der Waals surface area contributed by atoms with Gasteiger partial charge in [0.2, 0.25) is 35.4 Å². The number of amides is 6. The normalized spacial score (nSPS) is 18.4. The van der Waals surface area contributed by atoms with E-state index in [0.717, 1.165) is 0 Å². The number of carbonyl (C=O) groups is 7. The number of aliphatic hydroxyl groups excluding tert-OH is 1. The highest BCUT2D eigenvalue weighted by Crippen LogP contribution is 2.19. The molecule has 0 spiro atoms. The molecular formula is C29H52N8O9. The molecule has 262 valence electrons. The zero-order chi connectivity index (χ0) is 35.1. The summed E-state index contributed by atoms with van der Waals surface area (Å²) in [5.41, 5.74) is 11.3. The summed E-state index contributed by atoms with van der Waals surface area (Å²) < 4.78 is 0.